The maximum Gasteiger partial charge on any atom is 0.354 e. The maximum absolute atomic E-state index is 12.0. The molecule has 7 nitrogen and oxygen atoms in total. The molecule has 1 aliphatic rings. The molecule has 1 amide bonds. The molecule has 0 atom stereocenters. The van der Waals surface area contributed by atoms with E-state index in [2.05, 4.69) is 20.1 Å². The van der Waals surface area contributed by atoms with Gasteiger partial charge in [0.05, 0.1) is 31.7 Å². The molecule has 128 valence electrons. The fraction of sp³-hybridized carbons (Fsp3) is 0.353. The Morgan fingerprint density at radius 3 is 2.58 bits per heavy atom. The van der Waals surface area contributed by atoms with Crippen molar-refractivity contribution in [1.29, 1.82) is 0 Å². The SMILES string of the molecule is COC(=O)/C=C(/Nc1cccc2c1NC(=O)CC2(C)C)C(=O)OC. The molecule has 0 aliphatic carbocycles. The summed E-state index contributed by atoms with van der Waals surface area (Å²) in [6.45, 7) is 3.94. The van der Waals surface area contributed by atoms with Crippen LogP contribution in [0.5, 0.6) is 0 Å². The number of para-hydroxylation sites is 1. The number of anilines is 2. The molecule has 7 heteroatoms. The van der Waals surface area contributed by atoms with Gasteiger partial charge in [0.2, 0.25) is 5.91 Å². The standard InChI is InChI=1S/C17H20N2O5/c1-17(2)9-13(20)19-15-10(17)6-5-7-11(15)18-12(16(22)24-4)8-14(21)23-3/h5-8,18H,9H2,1-4H3,(H,19,20)/b12-8+. The number of hydrogen-bond donors (Lipinski definition) is 2. The summed E-state index contributed by atoms with van der Waals surface area (Å²) in [6, 6.07) is 5.43. The Hall–Kier alpha value is -2.83. The number of ether oxygens (including phenoxy) is 2. The van der Waals surface area contributed by atoms with E-state index in [0.29, 0.717) is 17.8 Å². The van der Waals surface area contributed by atoms with Gasteiger partial charge in [0.25, 0.3) is 0 Å². The molecule has 2 N–H and O–H groups in total. The molecular weight excluding hydrogens is 312 g/mol. The highest BCUT2D eigenvalue weighted by Crippen LogP contribution is 2.41. The molecule has 1 aromatic rings. The minimum atomic E-state index is -0.723. The lowest BCUT2D eigenvalue weighted by atomic mass is 9.77. The van der Waals surface area contributed by atoms with E-state index in [9.17, 15) is 14.4 Å². The Labute approximate surface area is 140 Å². The molecule has 0 spiro atoms. The van der Waals surface area contributed by atoms with Gasteiger partial charge in [-0.15, -0.1) is 0 Å². The Balaban J connectivity index is 2.46. The molecule has 0 aromatic heterocycles. The number of amides is 1. The minimum absolute atomic E-state index is 0.0876. The number of carbonyl (C=O) groups excluding carboxylic acids is 3. The van der Waals surface area contributed by atoms with E-state index in [1.165, 1.54) is 14.2 Å². The van der Waals surface area contributed by atoms with Crippen LogP contribution < -0.4 is 10.6 Å². The Morgan fingerprint density at radius 1 is 1.25 bits per heavy atom. The lowest BCUT2D eigenvalue weighted by Crippen LogP contribution is -2.33. The van der Waals surface area contributed by atoms with Crippen LogP contribution in [0.15, 0.2) is 30.0 Å². The van der Waals surface area contributed by atoms with Crippen molar-refractivity contribution in [2.75, 3.05) is 24.9 Å². The van der Waals surface area contributed by atoms with E-state index in [4.69, 9.17) is 0 Å². The van der Waals surface area contributed by atoms with Crippen LogP contribution in [-0.4, -0.2) is 32.1 Å². The lowest BCUT2D eigenvalue weighted by molar-refractivity contribution is -0.138. The summed E-state index contributed by atoms with van der Waals surface area (Å²) in [7, 11) is 2.42. The van der Waals surface area contributed by atoms with Gasteiger partial charge >= 0.3 is 11.9 Å². The van der Waals surface area contributed by atoms with Crippen LogP contribution in [0.1, 0.15) is 25.8 Å². The van der Waals surface area contributed by atoms with Crippen LogP contribution in [0.25, 0.3) is 0 Å². The number of esters is 2. The summed E-state index contributed by atoms with van der Waals surface area (Å²) in [4.78, 5) is 35.3. The highest BCUT2D eigenvalue weighted by molar-refractivity contribution is 6.03. The van der Waals surface area contributed by atoms with Crippen LogP contribution in [-0.2, 0) is 29.3 Å². The molecule has 0 saturated heterocycles. The van der Waals surface area contributed by atoms with E-state index in [1.807, 2.05) is 26.0 Å². The van der Waals surface area contributed by atoms with E-state index >= 15 is 0 Å². The van der Waals surface area contributed by atoms with Crippen LogP contribution in [0, 0.1) is 0 Å². The van der Waals surface area contributed by atoms with Gasteiger partial charge in [-0.1, -0.05) is 26.0 Å². The molecule has 24 heavy (non-hydrogen) atoms. The predicted molar refractivity (Wildman–Crippen MR) is 88.5 cm³/mol. The summed E-state index contributed by atoms with van der Waals surface area (Å²) in [5.41, 5.74) is 1.59. The van der Waals surface area contributed by atoms with Gasteiger partial charge in [-0.05, 0) is 11.6 Å². The summed E-state index contributed by atoms with van der Waals surface area (Å²) in [5, 5.41) is 5.67. The van der Waals surface area contributed by atoms with Crippen molar-refractivity contribution in [3.05, 3.63) is 35.5 Å². The van der Waals surface area contributed by atoms with Gasteiger partial charge in [-0.3, -0.25) is 4.79 Å². The van der Waals surface area contributed by atoms with Gasteiger partial charge in [0, 0.05) is 11.8 Å². The smallest absolute Gasteiger partial charge is 0.354 e. The maximum atomic E-state index is 12.0. The number of methoxy groups -OCH3 is 2. The Bertz CT molecular complexity index is 722. The second-order valence-corrected chi connectivity index (χ2v) is 6.03. The van der Waals surface area contributed by atoms with Gasteiger partial charge in [0.1, 0.15) is 5.70 Å². The number of benzene rings is 1. The normalized spacial score (nSPS) is 15.8. The first kappa shape index (κ1) is 17.5. The van der Waals surface area contributed by atoms with E-state index in [1.54, 1.807) is 6.07 Å². The molecule has 0 radical (unpaired) electrons. The topological polar surface area (TPSA) is 93.7 Å². The quantitative estimate of drug-likeness (QED) is 0.646. The van der Waals surface area contributed by atoms with Crippen molar-refractivity contribution in [3.8, 4) is 0 Å². The third kappa shape index (κ3) is 3.56. The van der Waals surface area contributed by atoms with Gasteiger partial charge in [-0.25, -0.2) is 9.59 Å². The van der Waals surface area contributed by atoms with E-state index < -0.39 is 11.9 Å². The second-order valence-electron chi connectivity index (χ2n) is 6.03. The zero-order valence-corrected chi connectivity index (χ0v) is 14.1. The summed E-state index contributed by atoms with van der Waals surface area (Å²) in [5.74, 6) is -1.53. The van der Waals surface area contributed by atoms with E-state index in [-0.39, 0.29) is 17.0 Å². The zero-order chi connectivity index (χ0) is 17.9. The first-order valence-electron chi connectivity index (χ1n) is 7.37. The molecule has 1 aromatic carbocycles. The molecule has 0 fully saturated rings. The fourth-order valence-corrected chi connectivity index (χ4v) is 2.61. The highest BCUT2D eigenvalue weighted by Gasteiger charge is 2.33. The van der Waals surface area contributed by atoms with Crippen LogP contribution in [0.4, 0.5) is 11.4 Å². The Morgan fingerprint density at radius 2 is 1.96 bits per heavy atom. The van der Waals surface area contributed by atoms with Crippen LogP contribution in [0.3, 0.4) is 0 Å². The second kappa shape index (κ2) is 6.74. The molecule has 2 rings (SSSR count). The van der Waals surface area contributed by atoms with Crippen molar-refractivity contribution in [3.63, 3.8) is 0 Å². The fourth-order valence-electron chi connectivity index (χ4n) is 2.61. The number of carbonyl (C=O) groups is 3. The van der Waals surface area contributed by atoms with Crippen molar-refractivity contribution in [2.45, 2.75) is 25.7 Å². The van der Waals surface area contributed by atoms with E-state index in [0.717, 1.165) is 11.6 Å². The first-order valence-corrected chi connectivity index (χ1v) is 7.37. The first-order chi connectivity index (χ1) is 11.3. The number of rotatable bonds is 4. The Kier molecular flexibility index (Phi) is 4.92. The van der Waals surface area contributed by atoms with Crippen LogP contribution >= 0.6 is 0 Å². The number of nitrogens with one attached hydrogen (secondary N) is 2. The molecule has 1 heterocycles. The van der Waals surface area contributed by atoms with Gasteiger partial charge < -0.3 is 20.1 Å². The average Bonchev–Trinajstić information content (AvgIpc) is 2.53. The van der Waals surface area contributed by atoms with Crippen molar-refractivity contribution in [2.24, 2.45) is 0 Å². The summed E-state index contributed by atoms with van der Waals surface area (Å²) >= 11 is 0. The molecule has 0 saturated carbocycles. The predicted octanol–water partition coefficient (Wildman–Crippen LogP) is 1.95. The van der Waals surface area contributed by atoms with Crippen molar-refractivity contribution >= 4 is 29.2 Å². The monoisotopic (exact) mass is 332 g/mol. The molecule has 1 aliphatic heterocycles. The lowest BCUT2D eigenvalue weighted by Gasteiger charge is -2.33. The largest absolute Gasteiger partial charge is 0.466 e. The average molecular weight is 332 g/mol. The number of hydrogen-bond acceptors (Lipinski definition) is 6. The highest BCUT2D eigenvalue weighted by atomic mass is 16.5. The zero-order valence-electron chi connectivity index (χ0n) is 14.1. The van der Waals surface area contributed by atoms with Gasteiger partial charge in [-0.2, -0.15) is 0 Å². The molecule has 0 unspecified atom stereocenters. The third-order valence-electron chi connectivity index (χ3n) is 3.80. The van der Waals surface area contributed by atoms with Crippen molar-refractivity contribution < 1.29 is 23.9 Å². The third-order valence-corrected chi connectivity index (χ3v) is 3.80. The molecule has 0 bridgehead atoms. The summed E-state index contributed by atoms with van der Waals surface area (Å²) < 4.78 is 9.21. The van der Waals surface area contributed by atoms with Crippen molar-refractivity contribution in [1.82, 2.24) is 0 Å². The summed E-state index contributed by atoms with van der Waals surface area (Å²) in [6.07, 6.45) is 1.37. The van der Waals surface area contributed by atoms with Crippen LogP contribution in [0.2, 0.25) is 0 Å². The number of fused-ring (bicyclic) bond motifs is 1. The minimum Gasteiger partial charge on any atom is -0.466 e. The van der Waals surface area contributed by atoms with Gasteiger partial charge in [0.15, 0.2) is 0 Å². The molecular formula is C17H20N2O5.